The van der Waals surface area contributed by atoms with Crippen molar-refractivity contribution in [3.8, 4) is 0 Å². The van der Waals surface area contributed by atoms with Crippen molar-refractivity contribution in [3.63, 3.8) is 0 Å². The number of nitrogens with zero attached hydrogens (tertiary/aromatic N) is 1. The van der Waals surface area contributed by atoms with Gasteiger partial charge < -0.3 is 15.5 Å². The van der Waals surface area contributed by atoms with E-state index in [1.165, 1.54) is 6.42 Å². The summed E-state index contributed by atoms with van der Waals surface area (Å²) in [6.45, 7) is 3.61. The van der Waals surface area contributed by atoms with E-state index in [1.807, 2.05) is 0 Å². The van der Waals surface area contributed by atoms with E-state index in [1.54, 1.807) is 4.90 Å². The molecule has 21 heavy (non-hydrogen) atoms. The van der Waals surface area contributed by atoms with E-state index in [0.29, 0.717) is 0 Å². The summed E-state index contributed by atoms with van der Waals surface area (Å²) in [4.78, 5) is 26.3. The van der Waals surface area contributed by atoms with Crippen molar-refractivity contribution >= 4 is 11.8 Å². The van der Waals surface area contributed by atoms with E-state index in [2.05, 4.69) is 10.6 Å². The average molecular weight is 291 g/mol. The molecular weight excluding hydrogens is 266 g/mol. The van der Waals surface area contributed by atoms with Crippen LogP contribution < -0.4 is 10.6 Å². The van der Waals surface area contributed by atoms with Gasteiger partial charge in [0.15, 0.2) is 0 Å². The number of hydrogen-bond acceptors (Lipinski definition) is 3. The summed E-state index contributed by atoms with van der Waals surface area (Å²) in [6, 6.07) is 0.251. The first-order valence-electron chi connectivity index (χ1n) is 8.46. The van der Waals surface area contributed by atoms with E-state index in [9.17, 15) is 9.59 Å². The van der Waals surface area contributed by atoms with Gasteiger partial charge in [-0.25, -0.2) is 0 Å². The Balaban J connectivity index is 1.31. The molecule has 2 saturated heterocycles. The first-order valence-corrected chi connectivity index (χ1v) is 8.46. The highest BCUT2D eigenvalue weighted by Crippen LogP contribution is 2.51. The van der Waals surface area contributed by atoms with Crippen molar-refractivity contribution in [2.75, 3.05) is 26.2 Å². The van der Waals surface area contributed by atoms with Gasteiger partial charge in [0.1, 0.15) is 0 Å². The Hall–Kier alpha value is -1.10. The van der Waals surface area contributed by atoms with E-state index in [0.717, 1.165) is 70.1 Å². The normalized spacial score (nSPS) is 36.6. The third-order valence-corrected chi connectivity index (χ3v) is 6.16. The van der Waals surface area contributed by atoms with Crippen LogP contribution in [-0.2, 0) is 9.59 Å². The lowest BCUT2D eigenvalue weighted by Gasteiger charge is -2.33. The highest BCUT2D eigenvalue weighted by molar-refractivity contribution is 6.35. The topological polar surface area (TPSA) is 61.4 Å². The Morgan fingerprint density at radius 1 is 1.05 bits per heavy atom. The predicted molar refractivity (Wildman–Crippen MR) is 78.5 cm³/mol. The molecule has 0 bridgehead atoms. The summed E-state index contributed by atoms with van der Waals surface area (Å²) in [5.41, 5.74) is 0.274. The lowest BCUT2D eigenvalue weighted by atomic mass is 9.78. The molecule has 2 atom stereocenters. The summed E-state index contributed by atoms with van der Waals surface area (Å²) < 4.78 is 0. The summed E-state index contributed by atoms with van der Waals surface area (Å²) in [5, 5.41) is 6.34. The fourth-order valence-corrected chi connectivity index (χ4v) is 4.70. The molecule has 4 rings (SSSR count). The van der Waals surface area contributed by atoms with Gasteiger partial charge in [0.2, 0.25) is 0 Å². The molecule has 2 unspecified atom stereocenters. The number of likely N-dealkylation sites (tertiary alicyclic amines) is 1. The Morgan fingerprint density at radius 2 is 1.76 bits per heavy atom. The molecule has 0 aromatic rings. The number of hydrogen-bond donors (Lipinski definition) is 2. The van der Waals surface area contributed by atoms with Crippen LogP contribution in [0.15, 0.2) is 0 Å². The monoisotopic (exact) mass is 291 g/mol. The zero-order chi connectivity index (χ0) is 14.4. The SMILES string of the molecule is O=C(NC1CC2CC2C1)C(=O)N1CCC2(CCNCC2)C1. The van der Waals surface area contributed by atoms with E-state index < -0.39 is 0 Å². The van der Waals surface area contributed by atoms with E-state index >= 15 is 0 Å². The number of amides is 2. The largest absolute Gasteiger partial charge is 0.345 e. The molecule has 5 nitrogen and oxygen atoms in total. The molecule has 2 amide bonds. The molecular formula is C16H25N3O2. The second kappa shape index (κ2) is 4.97. The zero-order valence-corrected chi connectivity index (χ0v) is 12.6. The fourth-order valence-electron chi connectivity index (χ4n) is 4.70. The maximum Gasteiger partial charge on any atom is 0.311 e. The number of nitrogens with one attached hydrogen (secondary N) is 2. The Bertz CT molecular complexity index is 448. The van der Waals surface area contributed by atoms with Gasteiger partial charge in [-0.05, 0) is 68.9 Å². The summed E-state index contributed by atoms with van der Waals surface area (Å²) in [6.07, 6.45) is 6.82. The van der Waals surface area contributed by atoms with Gasteiger partial charge in [-0.1, -0.05) is 0 Å². The van der Waals surface area contributed by atoms with Gasteiger partial charge >= 0.3 is 11.8 Å². The summed E-state index contributed by atoms with van der Waals surface area (Å²) in [7, 11) is 0. The first-order chi connectivity index (χ1) is 10.2. The second-order valence-corrected chi connectivity index (χ2v) is 7.62. The van der Waals surface area contributed by atoms with Crippen LogP contribution in [0.25, 0.3) is 0 Å². The van der Waals surface area contributed by atoms with Gasteiger partial charge in [-0.15, -0.1) is 0 Å². The molecule has 0 radical (unpaired) electrons. The van der Waals surface area contributed by atoms with Crippen LogP contribution >= 0.6 is 0 Å². The van der Waals surface area contributed by atoms with E-state index in [4.69, 9.17) is 0 Å². The van der Waals surface area contributed by atoms with Gasteiger partial charge in [-0.3, -0.25) is 9.59 Å². The highest BCUT2D eigenvalue weighted by atomic mass is 16.2. The third kappa shape index (κ3) is 2.56. The molecule has 2 saturated carbocycles. The lowest BCUT2D eigenvalue weighted by molar-refractivity contribution is -0.145. The van der Waals surface area contributed by atoms with Crippen molar-refractivity contribution in [2.24, 2.45) is 17.3 Å². The average Bonchev–Trinajstić information content (AvgIpc) is 2.92. The van der Waals surface area contributed by atoms with Gasteiger partial charge in [0.25, 0.3) is 0 Å². The number of piperidine rings is 1. The van der Waals surface area contributed by atoms with Crippen LogP contribution in [0.1, 0.15) is 38.5 Å². The standard InChI is InChI=1S/C16H25N3O2/c20-14(18-13-8-11-7-12(11)9-13)15(21)19-6-3-16(10-19)1-4-17-5-2-16/h11-13,17H,1-10H2,(H,18,20). The molecule has 2 aliphatic heterocycles. The molecule has 4 fully saturated rings. The van der Waals surface area contributed by atoms with Crippen LogP contribution in [0, 0.1) is 17.3 Å². The molecule has 5 heteroatoms. The van der Waals surface area contributed by atoms with Crippen LogP contribution in [-0.4, -0.2) is 48.9 Å². The number of carbonyl (C=O) groups excluding carboxylic acids is 2. The molecule has 2 heterocycles. The lowest BCUT2D eigenvalue weighted by Crippen LogP contribution is -2.46. The minimum Gasteiger partial charge on any atom is -0.345 e. The zero-order valence-electron chi connectivity index (χ0n) is 12.6. The van der Waals surface area contributed by atoms with Crippen molar-refractivity contribution in [3.05, 3.63) is 0 Å². The first kappa shape index (κ1) is 13.6. The Labute approximate surface area is 125 Å². The molecule has 2 N–H and O–H groups in total. The van der Waals surface area contributed by atoms with Gasteiger partial charge in [-0.2, -0.15) is 0 Å². The number of carbonyl (C=O) groups is 2. The maximum absolute atomic E-state index is 12.4. The molecule has 116 valence electrons. The third-order valence-electron chi connectivity index (χ3n) is 6.16. The van der Waals surface area contributed by atoms with Crippen molar-refractivity contribution in [2.45, 2.75) is 44.6 Å². The smallest absolute Gasteiger partial charge is 0.311 e. The molecule has 4 aliphatic rings. The predicted octanol–water partition coefficient (Wildman–Crippen LogP) is 0.503. The van der Waals surface area contributed by atoms with Crippen LogP contribution in [0.3, 0.4) is 0 Å². The van der Waals surface area contributed by atoms with Gasteiger partial charge in [0.05, 0.1) is 0 Å². The second-order valence-electron chi connectivity index (χ2n) is 7.62. The van der Waals surface area contributed by atoms with Crippen molar-refractivity contribution in [1.82, 2.24) is 15.5 Å². The fraction of sp³-hybridized carbons (Fsp3) is 0.875. The molecule has 1 spiro atoms. The number of rotatable bonds is 1. The minimum absolute atomic E-state index is 0.251. The number of fused-ring (bicyclic) bond motifs is 1. The van der Waals surface area contributed by atoms with Gasteiger partial charge in [0, 0.05) is 19.1 Å². The summed E-state index contributed by atoms with van der Waals surface area (Å²) >= 11 is 0. The van der Waals surface area contributed by atoms with Crippen molar-refractivity contribution < 1.29 is 9.59 Å². The molecule has 2 aliphatic carbocycles. The highest BCUT2D eigenvalue weighted by Gasteiger charge is 2.47. The maximum atomic E-state index is 12.4. The minimum atomic E-state index is -0.368. The quantitative estimate of drug-likeness (QED) is 0.692. The van der Waals surface area contributed by atoms with Crippen LogP contribution in [0.4, 0.5) is 0 Å². The van der Waals surface area contributed by atoms with Crippen molar-refractivity contribution in [1.29, 1.82) is 0 Å². The summed E-state index contributed by atoms with van der Waals surface area (Å²) in [5.74, 6) is 0.989. The molecule has 0 aromatic carbocycles. The van der Waals surface area contributed by atoms with Crippen LogP contribution in [0.5, 0.6) is 0 Å². The Kier molecular flexibility index (Phi) is 3.21. The Morgan fingerprint density at radius 3 is 2.48 bits per heavy atom. The van der Waals surface area contributed by atoms with Crippen LogP contribution in [0.2, 0.25) is 0 Å². The molecule has 0 aromatic heterocycles. The van der Waals surface area contributed by atoms with E-state index in [-0.39, 0.29) is 23.3 Å².